The average molecular weight is 606 g/mol. The first kappa shape index (κ1) is 28.9. The van der Waals surface area contributed by atoms with Crippen LogP contribution in [0, 0.1) is 25.7 Å². The third kappa shape index (κ3) is 4.97. The maximum absolute atomic E-state index is 14.6. The Labute approximate surface area is 237 Å². The smallest absolute Gasteiger partial charge is 0.311 e. The molecular formula is C29H37BrN2O5S. The number of fused-ring (bicyclic) bond motifs is 1. The van der Waals surface area contributed by atoms with Gasteiger partial charge in [-0.25, -0.2) is 0 Å². The maximum atomic E-state index is 14.6. The van der Waals surface area contributed by atoms with Crippen molar-refractivity contribution in [2.75, 3.05) is 31.2 Å². The lowest BCUT2D eigenvalue weighted by Crippen LogP contribution is -2.55. The lowest BCUT2D eigenvalue weighted by atomic mass is 9.71. The highest BCUT2D eigenvalue weighted by molar-refractivity contribution is 9.09. The highest BCUT2D eigenvalue weighted by atomic mass is 79.9. The monoisotopic (exact) mass is 604 g/mol. The van der Waals surface area contributed by atoms with Crippen LogP contribution in [0.15, 0.2) is 43.5 Å². The first-order valence-corrected chi connectivity index (χ1v) is 15.0. The molecule has 7 nitrogen and oxygen atoms in total. The summed E-state index contributed by atoms with van der Waals surface area (Å²) in [6.45, 7) is 12.4. The Morgan fingerprint density at radius 2 is 2.03 bits per heavy atom. The first-order valence-electron chi connectivity index (χ1n) is 13.2. The van der Waals surface area contributed by atoms with Crippen molar-refractivity contribution in [3.05, 3.63) is 54.6 Å². The molecule has 9 heteroatoms. The molecule has 3 fully saturated rings. The summed E-state index contributed by atoms with van der Waals surface area (Å²) in [5.41, 5.74) is 2.80. The fourth-order valence-corrected chi connectivity index (χ4v) is 9.92. The Bertz CT molecular complexity index is 1110. The number of aliphatic hydroxyl groups excluding tert-OH is 1. The largest absolute Gasteiger partial charge is 0.461 e. The van der Waals surface area contributed by atoms with Gasteiger partial charge in [0.2, 0.25) is 5.91 Å². The number of anilines is 1. The van der Waals surface area contributed by atoms with Crippen molar-refractivity contribution in [3.8, 4) is 0 Å². The van der Waals surface area contributed by atoms with Crippen LogP contribution in [0.2, 0.25) is 0 Å². The molecule has 1 aromatic carbocycles. The molecule has 2 bridgehead atoms. The van der Waals surface area contributed by atoms with Gasteiger partial charge < -0.3 is 19.6 Å². The number of rotatable bonds is 12. The van der Waals surface area contributed by atoms with E-state index in [2.05, 4.69) is 29.1 Å². The van der Waals surface area contributed by atoms with Crippen molar-refractivity contribution in [3.63, 3.8) is 0 Å². The zero-order chi connectivity index (χ0) is 27.6. The second-order valence-corrected chi connectivity index (χ2v) is 13.1. The molecule has 0 aliphatic carbocycles. The van der Waals surface area contributed by atoms with Gasteiger partial charge in [-0.1, -0.05) is 46.8 Å². The number of benzene rings is 1. The molecule has 3 saturated heterocycles. The first-order chi connectivity index (χ1) is 18.2. The molecule has 2 amide bonds. The molecule has 0 radical (unpaired) electrons. The molecule has 1 N–H and O–H groups in total. The number of hydrogen-bond donors (Lipinski definition) is 1. The van der Waals surface area contributed by atoms with Gasteiger partial charge in [0.1, 0.15) is 12.6 Å². The quantitative estimate of drug-likeness (QED) is 0.167. The van der Waals surface area contributed by atoms with Gasteiger partial charge in [-0.3, -0.25) is 14.4 Å². The number of hydrogen-bond acceptors (Lipinski definition) is 6. The van der Waals surface area contributed by atoms with Gasteiger partial charge in [0.15, 0.2) is 0 Å². The van der Waals surface area contributed by atoms with Gasteiger partial charge in [-0.15, -0.1) is 18.3 Å². The predicted octanol–water partition coefficient (Wildman–Crippen LogP) is 4.18. The molecule has 38 heavy (non-hydrogen) atoms. The number of unbranched alkanes of at least 4 members (excludes halogenated alkanes) is 2. The third-order valence-corrected chi connectivity index (χ3v) is 11.1. The molecule has 3 unspecified atom stereocenters. The van der Waals surface area contributed by atoms with Crippen LogP contribution in [0.25, 0.3) is 0 Å². The van der Waals surface area contributed by atoms with Crippen LogP contribution in [-0.2, 0) is 19.1 Å². The van der Waals surface area contributed by atoms with E-state index in [1.807, 2.05) is 32.0 Å². The number of thioether (sulfide) groups is 1. The van der Waals surface area contributed by atoms with Crippen LogP contribution in [-0.4, -0.2) is 75.0 Å². The normalized spacial score (nSPS) is 29.3. The number of carbonyl (C=O) groups is 3. The van der Waals surface area contributed by atoms with E-state index in [0.29, 0.717) is 32.4 Å². The molecule has 0 aromatic heterocycles. The van der Waals surface area contributed by atoms with E-state index in [1.54, 1.807) is 27.6 Å². The van der Waals surface area contributed by atoms with Gasteiger partial charge in [0.25, 0.3) is 5.91 Å². The maximum Gasteiger partial charge on any atom is 0.311 e. The van der Waals surface area contributed by atoms with E-state index in [0.717, 1.165) is 23.2 Å². The highest BCUT2D eigenvalue weighted by Gasteiger charge is 2.76. The third-order valence-electron chi connectivity index (χ3n) is 7.93. The Kier molecular flexibility index (Phi) is 9.10. The molecule has 3 aliphatic heterocycles. The van der Waals surface area contributed by atoms with Crippen molar-refractivity contribution in [1.29, 1.82) is 0 Å². The van der Waals surface area contributed by atoms with E-state index in [-0.39, 0.29) is 35.1 Å². The van der Waals surface area contributed by atoms with Crippen LogP contribution in [0.4, 0.5) is 5.69 Å². The summed E-state index contributed by atoms with van der Waals surface area (Å²) in [5.74, 6) is -1.96. The molecule has 1 spiro atoms. The molecule has 6 atom stereocenters. The Hall–Kier alpha value is -2.10. The van der Waals surface area contributed by atoms with E-state index >= 15 is 0 Å². The zero-order valence-electron chi connectivity index (χ0n) is 22.1. The molecule has 3 aliphatic rings. The zero-order valence-corrected chi connectivity index (χ0v) is 24.5. The highest BCUT2D eigenvalue weighted by Crippen LogP contribution is 2.68. The summed E-state index contributed by atoms with van der Waals surface area (Å²) in [6.07, 6.45) is 5.89. The summed E-state index contributed by atoms with van der Waals surface area (Å²) >= 11 is 5.38. The summed E-state index contributed by atoms with van der Waals surface area (Å²) < 4.78 is 4.72. The molecule has 1 aromatic rings. The molecule has 206 valence electrons. The van der Waals surface area contributed by atoms with Gasteiger partial charge in [0, 0.05) is 35.5 Å². The number of amides is 2. The van der Waals surface area contributed by atoms with Crippen molar-refractivity contribution in [1.82, 2.24) is 4.90 Å². The summed E-state index contributed by atoms with van der Waals surface area (Å²) in [4.78, 5) is 45.4. The predicted molar refractivity (Wildman–Crippen MR) is 154 cm³/mol. The number of nitrogens with zero attached hydrogens (tertiary/aromatic N) is 2. The molecule has 3 heterocycles. The summed E-state index contributed by atoms with van der Waals surface area (Å²) in [6, 6.07) is 5.29. The van der Waals surface area contributed by atoms with Crippen molar-refractivity contribution >= 4 is 51.2 Å². The van der Waals surface area contributed by atoms with Gasteiger partial charge >= 0.3 is 5.97 Å². The molecular weight excluding hydrogens is 568 g/mol. The fourth-order valence-electron chi connectivity index (χ4n) is 6.32. The van der Waals surface area contributed by atoms with Crippen molar-refractivity contribution < 1.29 is 24.2 Å². The number of ether oxygens (including phenoxy) is 1. The van der Waals surface area contributed by atoms with Crippen LogP contribution in [0.1, 0.15) is 36.8 Å². The number of aliphatic hydroxyl groups is 1. The number of carbonyl (C=O) groups excluding carboxylic acids is 3. The van der Waals surface area contributed by atoms with Gasteiger partial charge in [-0.05, 0) is 56.7 Å². The standard InChI is InChI=1S/C29H37BrN2O5S/c1-5-12-31(21-16-18(3)10-11-19(21)4)27(35)25-29-17-20(30)24(38-29)22(28(36)37-15-6-2)23(29)26(34)32(25)13-8-7-9-14-33/h5-6,10-11,16,20,22-25,33H,1-2,7-9,12-15,17H2,3-4H3/t20?,22-,23-,24-,25?,29?/m0/s1. The number of likely N-dealkylation sites (tertiary alicyclic amines) is 1. The lowest BCUT2D eigenvalue weighted by molar-refractivity contribution is -0.153. The summed E-state index contributed by atoms with van der Waals surface area (Å²) in [7, 11) is 0. The topological polar surface area (TPSA) is 87.1 Å². The Morgan fingerprint density at radius 1 is 1.26 bits per heavy atom. The van der Waals surface area contributed by atoms with Crippen LogP contribution in [0.5, 0.6) is 0 Å². The minimum absolute atomic E-state index is 0.0176. The number of esters is 1. The fraction of sp³-hybridized carbons (Fsp3) is 0.552. The minimum atomic E-state index is -0.737. The van der Waals surface area contributed by atoms with Crippen LogP contribution in [0.3, 0.4) is 0 Å². The SMILES string of the molecule is C=CCOC(=O)[C@H]1[C@H]2C(=O)N(CCCCCO)C(C(=O)N(CC=C)c3cc(C)ccc3C)C23CC(Br)[C@@H]1S3. The molecule has 4 rings (SSSR count). The lowest BCUT2D eigenvalue weighted by Gasteiger charge is -2.38. The Morgan fingerprint density at radius 3 is 2.71 bits per heavy atom. The number of aryl methyl sites for hydroxylation is 2. The number of alkyl halides is 1. The van der Waals surface area contributed by atoms with Crippen LogP contribution < -0.4 is 4.90 Å². The van der Waals surface area contributed by atoms with Crippen LogP contribution >= 0.6 is 27.7 Å². The minimum Gasteiger partial charge on any atom is -0.461 e. The second-order valence-electron chi connectivity index (χ2n) is 10.4. The van der Waals surface area contributed by atoms with Gasteiger partial charge in [-0.2, -0.15) is 0 Å². The molecule has 0 saturated carbocycles. The van der Waals surface area contributed by atoms with E-state index < -0.39 is 28.6 Å². The summed E-state index contributed by atoms with van der Waals surface area (Å²) in [5, 5.41) is 9.10. The van der Waals surface area contributed by atoms with Crippen molar-refractivity contribution in [2.24, 2.45) is 11.8 Å². The van der Waals surface area contributed by atoms with Gasteiger partial charge in [0.05, 0.1) is 16.6 Å². The van der Waals surface area contributed by atoms with Crippen molar-refractivity contribution in [2.45, 2.75) is 60.4 Å². The van der Waals surface area contributed by atoms with E-state index in [9.17, 15) is 19.5 Å². The average Bonchev–Trinajstić information content (AvgIpc) is 3.48. The number of halogens is 1. The van der Waals surface area contributed by atoms with E-state index in [4.69, 9.17) is 4.74 Å². The van der Waals surface area contributed by atoms with E-state index in [1.165, 1.54) is 6.08 Å². The second kappa shape index (κ2) is 12.0. The Balaban J connectivity index is 1.77.